The number of piperidine rings is 1. The zero-order valence-electron chi connectivity index (χ0n) is 27.6. The molecule has 13 heteroatoms. The molecule has 2 aromatic carbocycles. The van der Waals surface area contributed by atoms with Crippen LogP contribution < -0.4 is 27.0 Å². The lowest BCUT2D eigenvalue weighted by molar-refractivity contribution is -0.148. The lowest BCUT2D eigenvalue weighted by Gasteiger charge is -2.37. The molecular weight excluding hydrogens is 614 g/mol. The van der Waals surface area contributed by atoms with Crippen LogP contribution in [0.1, 0.15) is 50.2 Å². The molecule has 0 aliphatic carbocycles. The number of ether oxygens (including phenoxy) is 1. The van der Waals surface area contributed by atoms with Crippen molar-refractivity contribution in [2.75, 3.05) is 26.7 Å². The quantitative estimate of drug-likeness (QED) is 0.0999. The van der Waals surface area contributed by atoms with Crippen molar-refractivity contribution in [1.82, 2.24) is 31.2 Å². The Morgan fingerprint density at radius 2 is 1.71 bits per heavy atom. The molecule has 1 saturated heterocycles. The van der Waals surface area contributed by atoms with Crippen LogP contribution in [0.2, 0.25) is 0 Å². The number of esters is 1. The summed E-state index contributed by atoms with van der Waals surface area (Å²) in [6.07, 6.45) is 4.91. The number of hydrogen-bond donors (Lipinski definition) is 6. The summed E-state index contributed by atoms with van der Waals surface area (Å²) in [5, 5.41) is 12.2. The summed E-state index contributed by atoms with van der Waals surface area (Å²) in [6, 6.07) is 13.3. The van der Waals surface area contributed by atoms with Crippen molar-refractivity contribution >= 4 is 40.6 Å². The molecule has 0 unspecified atom stereocenters. The second kappa shape index (κ2) is 17.9. The highest BCUT2D eigenvalue weighted by atomic mass is 16.5. The van der Waals surface area contributed by atoms with Crippen molar-refractivity contribution in [3.8, 4) is 0 Å². The predicted octanol–water partition coefficient (Wildman–Crippen LogP) is 1.90. The zero-order chi connectivity index (χ0) is 34.5. The van der Waals surface area contributed by atoms with E-state index in [1.165, 1.54) is 0 Å². The minimum Gasteiger partial charge on any atom is -0.464 e. The number of benzene rings is 2. The van der Waals surface area contributed by atoms with E-state index in [4.69, 9.17) is 10.5 Å². The molecule has 48 heavy (non-hydrogen) atoms. The monoisotopic (exact) mass is 661 g/mol. The van der Waals surface area contributed by atoms with Crippen molar-refractivity contribution in [2.24, 2.45) is 5.73 Å². The fraction of sp³-hybridized carbons (Fsp3) is 0.457. The van der Waals surface area contributed by atoms with Crippen LogP contribution in [0.25, 0.3) is 10.9 Å². The molecule has 5 amide bonds. The number of primary amides is 1. The molecule has 0 radical (unpaired) electrons. The van der Waals surface area contributed by atoms with E-state index in [0.29, 0.717) is 25.8 Å². The van der Waals surface area contributed by atoms with Gasteiger partial charge in [0.2, 0.25) is 17.7 Å². The molecule has 7 N–H and O–H groups in total. The fourth-order valence-corrected chi connectivity index (χ4v) is 6.11. The maximum absolute atomic E-state index is 14.0. The fourth-order valence-electron chi connectivity index (χ4n) is 6.11. The van der Waals surface area contributed by atoms with Crippen LogP contribution in [0.3, 0.4) is 0 Å². The topological polar surface area (TPSA) is 188 Å². The van der Waals surface area contributed by atoms with Crippen LogP contribution in [0.5, 0.6) is 0 Å². The van der Waals surface area contributed by atoms with E-state index in [0.717, 1.165) is 34.9 Å². The summed E-state index contributed by atoms with van der Waals surface area (Å²) in [5.41, 5.74) is 7.84. The number of likely N-dealkylation sites (N-methyl/N-ethyl adjacent to an activating group) is 1. The maximum atomic E-state index is 14.0. The third kappa shape index (κ3) is 9.80. The number of H-pyrrole nitrogens is 1. The van der Waals surface area contributed by atoms with E-state index >= 15 is 0 Å². The van der Waals surface area contributed by atoms with Crippen molar-refractivity contribution < 1.29 is 28.7 Å². The number of carbonyl (C=O) groups is 5. The first-order valence-corrected chi connectivity index (χ1v) is 16.6. The Morgan fingerprint density at radius 3 is 2.44 bits per heavy atom. The highest BCUT2D eigenvalue weighted by Gasteiger charge is 2.37. The summed E-state index contributed by atoms with van der Waals surface area (Å²) in [6.45, 7) is 2.42. The van der Waals surface area contributed by atoms with Crippen molar-refractivity contribution in [2.45, 2.75) is 76.0 Å². The normalized spacial score (nSPS) is 16.4. The van der Waals surface area contributed by atoms with Gasteiger partial charge in [-0.1, -0.05) is 48.5 Å². The number of likely N-dealkylation sites (tertiary alicyclic amines) is 1. The van der Waals surface area contributed by atoms with E-state index in [9.17, 15) is 24.0 Å². The molecule has 258 valence electrons. The van der Waals surface area contributed by atoms with Gasteiger partial charge in [0, 0.05) is 36.6 Å². The standard InChI is InChI=1S/C35H47N7O6/c1-3-48-34(46)27(16-11-18-38-35(36)47)40-31(43)28(21-24-22-39-26-15-8-7-14-25(24)26)41-32(44)30-17-9-10-19-42(30)33(45)29(37-2)20-23-12-5-4-6-13-23/h4-8,12-15,22,27-30,37,39H,3,9-11,16-21H2,1-2H3,(H,40,43)(H,41,44)(H3,36,38,47)/t27-,28-,29+,30-/m0/s1. The number of hydrogen-bond acceptors (Lipinski definition) is 7. The summed E-state index contributed by atoms with van der Waals surface area (Å²) < 4.78 is 5.21. The van der Waals surface area contributed by atoms with Gasteiger partial charge in [-0.3, -0.25) is 14.4 Å². The lowest BCUT2D eigenvalue weighted by atomic mass is 9.97. The first kappa shape index (κ1) is 35.9. The number of urea groups is 1. The molecule has 1 aliphatic heterocycles. The first-order chi connectivity index (χ1) is 23.2. The molecule has 0 bridgehead atoms. The second-order valence-corrected chi connectivity index (χ2v) is 11.9. The number of carbonyl (C=O) groups excluding carboxylic acids is 5. The number of nitrogens with two attached hydrogens (primary N) is 1. The van der Waals surface area contributed by atoms with Crippen LogP contribution >= 0.6 is 0 Å². The molecule has 4 rings (SSSR count). The number of amides is 5. The average Bonchev–Trinajstić information content (AvgIpc) is 3.50. The largest absolute Gasteiger partial charge is 0.464 e. The van der Waals surface area contributed by atoms with E-state index in [1.807, 2.05) is 54.6 Å². The minimum absolute atomic E-state index is 0.115. The zero-order valence-corrected chi connectivity index (χ0v) is 27.6. The van der Waals surface area contributed by atoms with Crippen LogP contribution in [-0.2, 0) is 36.8 Å². The Bertz CT molecular complexity index is 1540. The Hall–Kier alpha value is -4.91. The van der Waals surface area contributed by atoms with E-state index in [1.54, 1.807) is 25.1 Å². The van der Waals surface area contributed by atoms with Gasteiger partial charge in [-0.05, 0) is 69.7 Å². The number of para-hydroxylation sites is 1. The molecule has 4 atom stereocenters. The summed E-state index contributed by atoms with van der Waals surface area (Å²) in [4.78, 5) is 70.6. The van der Waals surface area contributed by atoms with Gasteiger partial charge in [0.25, 0.3) is 0 Å². The average molecular weight is 662 g/mol. The molecule has 1 fully saturated rings. The molecule has 0 saturated carbocycles. The first-order valence-electron chi connectivity index (χ1n) is 16.6. The van der Waals surface area contributed by atoms with Gasteiger partial charge in [0.1, 0.15) is 18.1 Å². The van der Waals surface area contributed by atoms with Gasteiger partial charge < -0.3 is 41.6 Å². The van der Waals surface area contributed by atoms with Crippen LogP contribution in [0.15, 0.2) is 60.8 Å². The number of aromatic nitrogens is 1. The number of rotatable bonds is 16. The smallest absolute Gasteiger partial charge is 0.328 e. The second-order valence-electron chi connectivity index (χ2n) is 11.9. The molecule has 1 aliphatic rings. The predicted molar refractivity (Wildman–Crippen MR) is 182 cm³/mol. The van der Waals surface area contributed by atoms with Gasteiger partial charge >= 0.3 is 12.0 Å². The summed E-state index contributed by atoms with van der Waals surface area (Å²) >= 11 is 0. The third-order valence-corrected chi connectivity index (χ3v) is 8.61. The molecule has 2 heterocycles. The maximum Gasteiger partial charge on any atom is 0.328 e. The number of nitrogens with zero attached hydrogens (tertiary/aromatic N) is 1. The summed E-state index contributed by atoms with van der Waals surface area (Å²) in [5.74, 6) is -1.80. The van der Waals surface area contributed by atoms with Gasteiger partial charge in [-0.25, -0.2) is 9.59 Å². The van der Waals surface area contributed by atoms with Crippen molar-refractivity contribution in [3.63, 3.8) is 0 Å². The minimum atomic E-state index is -1.07. The van der Waals surface area contributed by atoms with Crippen LogP contribution in [0, 0.1) is 0 Å². The highest BCUT2D eigenvalue weighted by Crippen LogP contribution is 2.22. The van der Waals surface area contributed by atoms with Crippen molar-refractivity contribution in [1.29, 1.82) is 0 Å². The van der Waals surface area contributed by atoms with E-state index in [2.05, 4.69) is 26.3 Å². The number of aromatic amines is 1. The molecule has 0 spiro atoms. The van der Waals surface area contributed by atoms with E-state index in [-0.39, 0.29) is 31.9 Å². The number of nitrogens with one attached hydrogen (secondary N) is 5. The van der Waals surface area contributed by atoms with Crippen LogP contribution in [0.4, 0.5) is 4.79 Å². The molecule has 13 nitrogen and oxygen atoms in total. The van der Waals surface area contributed by atoms with Gasteiger partial charge in [0.15, 0.2) is 0 Å². The van der Waals surface area contributed by atoms with Gasteiger partial charge in [-0.15, -0.1) is 0 Å². The Balaban J connectivity index is 1.55. The Kier molecular flexibility index (Phi) is 13.4. The Labute approximate surface area is 280 Å². The molecule has 1 aromatic heterocycles. The van der Waals surface area contributed by atoms with Gasteiger partial charge in [-0.2, -0.15) is 0 Å². The number of fused-ring (bicyclic) bond motifs is 1. The molecule has 3 aromatic rings. The van der Waals surface area contributed by atoms with E-state index < -0.39 is 48.0 Å². The Morgan fingerprint density at radius 1 is 0.958 bits per heavy atom. The van der Waals surface area contributed by atoms with Crippen molar-refractivity contribution in [3.05, 3.63) is 71.9 Å². The summed E-state index contributed by atoms with van der Waals surface area (Å²) in [7, 11) is 1.73. The molecular formula is C35H47N7O6. The van der Waals surface area contributed by atoms with Crippen LogP contribution in [-0.4, -0.2) is 90.5 Å². The SMILES string of the molecule is CCOC(=O)[C@H](CCCNC(N)=O)NC(=O)[C@H](Cc1c[nH]c2ccccc12)NC(=O)[C@@H]1CCCCN1C(=O)[C@@H](Cc1ccccc1)NC. The highest BCUT2D eigenvalue weighted by molar-refractivity contribution is 5.95. The van der Waals surface area contributed by atoms with Gasteiger partial charge in [0.05, 0.1) is 12.6 Å². The third-order valence-electron chi connectivity index (χ3n) is 8.61. The lowest BCUT2D eigenvalue weighted by Crippen LogP contribution is -2.60.